The quantitative estimate of drug-likeness (QED) is 0.281. The maximum Gasteiger partial charge on any atom is 0.414 e. The van der Waals surface area contributed by atoms with Gasteiger partial charge in [-0.2, -0.15) is 0 Å². The molecule has 0 saturated heterocycles. The van der Waals surface area contributed by atoms with Crippen LogP contribution in [-0.4, -0.2) is 67.9 Å². The summed E-state index contributed by atoms with van der Waals surface area (Å²) in [5.74, 6) is -3.48. The fourth-order valence-electron chi connectivity index (χ4n) is 2.23. The Hall–Kier alpha value is -3.96. The Balaban J connectivity index is 0.000000751. The first-order valence-electron chi connectivity index (χ1n) is 9.28. The van der Waals surface area contributed by atoms with E-state index in [9.17, 15) is 9.59 Å². The molecule has 0 aliphatic heterocycles. The molecule has 11 nitrogen and oxygen atoms in total. The third-order valence-electron chi connectivity index (χ3n) is 3.75. The number of rotatable bonds is 9. The van der Waals surface area contributed by atoms with Crippen LogP contribution >= 0.6 is 0 Å². The number of carbonyl (C=O) groups excluding carboxylic acids is 2. The highest BCUT2D eigenvalue weighted by Gasteiger charge is 2.13. The smallest absolute Gasteiger partial charge is 0.414 e. The highest BCUT2D eigenvalue weighted by Crippen LogP contribution is 2.19. The number of para-hydroxylation sites is 1. The summed E-state index contributed by atoms with van der Waals surface area (Å²) in [7, 11) is 3.18. The fourth-order valence-corrected chi connectivity index (χ4v) is 2.23. The Bertz CT molecular complexity index is 904. The molecule has 0 aromatic heterocycles. The summed E-state index contributed by atoms with van der Waals surface area (Å²) in [5.41, 5.74) is 1.48. The monoisotopic (exact) mass is 447 g/mol. The molecule has 172 valence electrons. The number of aliphatic carboxylic acids is 2. The van der Waals surface area contributed by atoms with Crippen LogP contribution in [0, 0.1) is 0 Å². The van der Waals surface area contributed by atoms with E-state index in [1.165, 1.54) is 0 Å². The van der Waals surface area contributed by atoms with Gasteiger partial charge in [0, 0.05) is 19.3 Å². The summed E-state index contributed by atoms with van der Waals surface area (Å²) in [6.07, 6.45) is 0. The van der Waals surface area contributed by atoms with Crippen LogP contribution in [-0.2, 0) is 19.1 Å². The molecule has 0 unspecified atom stereocenters. The lowest BCUT2D eigenvalue weighted by molar-refractivity contribution is -0.159. The topological polar surface area (TPSA) is 163 Å². The van der Waals surface area contributed by atoms with E-state index in [4.69, 9.17) is 29.3 Å². The Labute approximate surface area is 184 Å². The van der Waals surface area contributed by atoms with E-state index in [-0.39, 0.29) is 18.4 Å². The number of hydrogen-bond donors (Lipinski definition) is 5. The van der Waals surface area contributed by atoms with Crippen molar-refractivity contribution < 1.29 is 38.9 Å². The summed E-state index contributed by atoms with van der Waals surface area (Å²) >= 11 is 0. The summed E-state index contributed by atoms with van der Waals surface area (Å²) in [4.78, 5) is 42.8. The van der Waals surface area contributed by atoms with Crippen LogP contribution in [0.3, 0.4) is 0 Å². The van der Waals surface area contributed by atoms with Gasteiger partial charge in [0.2, 0.25) is 5.91 Å². The minimum absolute atomic E-state index is 0.137. The van der Waals surface area contributed by atoms with Gasteiger partial charge in [-0.3, -0.25) is 9.59 Å². The summed E-state index contributed by atoms with van der Waals surface area (Å²) in [6.45, 7) is 1.23. The van der Waals surface area contributed by atoms with Crippen molar-refractivity contribution in [2.45, 2.75) is 0 Å². The molecule has 0 aliphatic rings. The minimum Gasteiger partial charge on any atom is -0.497 e. The standard InChI is InChI=1S/C19H23N3O4.C2H2O4/c1-25-12-11-20-13-18(23)22-17-6-4-3-5-16(17)19(24)21-14-7-9-15(26-2)10-8-14;3-1(4)2(5)6/h3-10,20H,11-13H2,1-2H3,(H,21,24)(H,22,23);(H,3,4)(H,5,6). The molecule has 2 amide bonds. The van der Waals surface area contributed by atoms with Crippen molar-refractivity contribution in [3.63, 3.8) is 0 Å². The van der Waals surface area contributed by atoms with Gasteiger partial charge in [0.25, 0.3) is 5.91 Å². The second kappa shape index (κ2) is 14.1. The third kappa shape index (κ3) is 9.69. The van der Waals surface area contributed by atoms with Crippen LogP contribution in [0.2, 0.25) is 0 Å². The summed E-state index contributed by atoms with van der Waals surface area (Å²) in [5, 5.41) is 23.3. The normalized spacial score (nSPS) is 9.69. The number of carbonyl (C=O) groups is 4. The number of anilines is 2. The first-order chi connectivity index (χ1) is 15.3. The van der Waals surface area contributed by atoms with Crippen LogP contribution < -0.4 is 20.7 Å². The molecular formula is C21H25N3O8. The highest BCUT2D eigenvalue weighted by atomic mass is 16.5. The van der Waals surface area contributed by atoms with Gasteiger partial charge >= 0.3 is 11.9 Å². The van der Waals surface area contributed by atoms with E-state index in [1.54, 1.807) is 62.8 Å². The van der Waals surface area contributed by atoms with Crippen LogP contribution in [0.1, 0.15) is 10.4 Å². The molecule has 0 atom stereocenters. The molecule has 2 aromatic rings. The highest BCUT2D eigenvalue weighted by molar-refractivity contribution is 6.27. The van der Waals surface area contributed by atoms with Gasteiger partial charge in [0.15, 0.2) is 0 Å². The van der Waals surface area contributed by atoms with E-state index < -0.39 is 11.9 Å². The lowest BCUT2D eigenvalue weighted by Gasteiger charge is -2.12. The number of benzene rings is 2. The van der Waals surface area contributed by atoms with E-state index in [2.05, 4.69) is 16.0 Å². The Kier molecular flexibility index (Phi) is 11.5. The molecule has 0 heterocycles. The predicted octanol–water partition coefficient (Wildman–Crippen LogP) is 1.28. The van der Waals surface area contributed by atoms with E-state index >= 15 is 0 Å². The summed E-state index contributed by atoms with van der Waals surface area (Å²) in [6, 6.07) is 13.9. The number of ether oxygens (including phenoxy) is 2. The second-order valence-corrected chi connectivity index (χ2v) is 6.06. The van der Waals surface area contributed by atoms with Crippen molar-refractivity contribution >= 4 is 35.1 Å². The van der Waals surface area contributed by atoms with Gasteiger partial charge < -0.3 is 35.6 Å². The Morgan fingerprint density at radius 1 is 0.875 bits per heavy atom. The van der Waals surface area contributed by atoms with Crippen LogP contribution in [0.5, 0.6) is 5.75 Å². The van der Waals surface area contributed by atoms with E-state index in [0.717, 1.165) is 0 Å². The average Bonchev–Trinajstić information content (AvgIpc) is 2.78. The maximum absolute atomic E-state index is 12.5. The van der Waals surface area contributed by atoms with Gasteiger partial charge in [-0.1, -0.05) is 12.1 Å². The van der Waals surface area contributed by atoms with Crippen LogP contribution in [0.4, 0.5) is 11.4 Å². The second-order valence-electron chi connectivity index (χ2n) is 6.06. The van der Waals surface area contributed by atoms with Gasteiger partial charge in [0.05, 0.1) is 31.5 Å². The van der Waals surface area contributed by atoms with E-state index in [0.29, 0.717) is 35.8 Å². The molecule has 0 saturated carbocycles. The van der Waals surface area contributed by atoms with Gasteiger partial charge in [0.1, 0.15) is 5.75 Å². The van der Waals surface area contributed by atoms with Gasteiger partial charge in [-0.15, -0.1) is 0 Å². The van der Waals surface area contributed by atoms with Crippen LogP contribution in [0.15, 0.2) is 48.5 Å². The average molecular weight is 447 g/mol. The van der Waals surface area contributed by atoms with Crippen molar-refractivity contribution in [2.24, 2.45) is 0 Å². The molecule has 0 aliphatic carbocycles. The number of carboxylic acid groups (broad SMARTS) is 2. The molecule has 0 fully saturated rings. The summed E-state index contributed by atoms with van der Waals surface area (Å²) < 4.78 is 10.0. The molecule has 5 N–H and O–H groups in total. The number of hydrogen-bond acceptors (Lipinski definition) is 7. The predicted molar refractivity (Wildman–Crippen MR) is 116 cm³/mol. The van der Waals surface area contributed by atoms with Crippen molar-refractivity contribution in [1.82, 2.24) is 5.32 Å². The molecule has 0 spiro atoms. The zero-order valence-electron chi connectivity index (χ0n) is 17.6. The fraction of sp³-hybridized carbons (Fsp3) is 0.238. The van der Waals surface area contributed by atoms with Crippen molar-refractivity contribution in [3.05, 3.63) is 54.1 Å². The van der Waals surface area contributed by atoms with Crippen LogP contribution in [0.25, 0.3) is 0 Å². The molecular weight excluding hydrogens is 422 g/mol. The SMILES string of the molecule is COCCNCC(=O)Nc1ccccc1C(=O)Nc1ccc(OC)cc1.O=C(O)C(=O)O. The first kappa shape index (κ1) is 26.1. The Morgan fingerprint density at radius 2 is 1.50 bits per heavy atom. The molecule has 32 heavy (non-hydrogen) atoms. The number of carboxylic acids is 2. The zero-order chi connectivity index (χ0) is 23.9. The van der Waals surface area contributed by atoms with Crippen molar-refractivity contribution in [2.75, 3.05) is 44.5 Å². The van der Waals surface area contributed by atoms with Gasteiger partial charge in [-0.05, 0) is 36.4 Å². The number of methoxy groups -OCH3 is 2. The molecule has 2 rings (SSSR count). The molecule has 0 radical (unpaired) electrons. The maximum atomic E-state index is 12.5. The number of nitrogens with one attached hydrogen (secondary N) is 3. The third-order valence-corrected chi connectivity index (χ3v) is 3.75. The van der Waals surface area contributed by atoms with E-state index in [1.807, 2.05) is 0 Å². The number of amides is 2. The zero-order valence-corrected chi connectivity index (χ0v) is 17.6. The first-order valence-corrected chi connectivity index (χ1v) is 9.28. The molecule has 2 aromatic carbocycles. The minimum atomic E-state index is -1.82. The Morgan fingerprint density at radius 3 is 2.06 bits per heavy atom. The lowest BCUT2D eigenvalue weighted by atomic mass is 10.1. The molecule has 11 heteroatoms. The van der Waals surface area contributed by atoms with Gasteiger partial charge in [-0.25, -0.2) is 9.59 Å². The largest absolute Gasteiger partial charge is 0.497 e. The molecule has 0 bridgehead atoms. The van der Waals surface area contributed by atoms with Crippen molar-refractivity contribution in [1.29, 1.82) is 0 Å². The van der Waals surface area contributed by atoms with Crippen molar-refractivity contribution in [3.8, 4) is 5.75 Å². The lowest BCUT2D eigenvalue weighted by Crippen LogP contribution is -2.31.